The molecule has 0 fully saturated rings. The number of nitrogens with zero attached hydrogens (tertiary/aromatic N) is 4. The summed E-state index contributed by atoms with van der Waals surface area (Å²) < 4.78 is 6.93. The van der Waals surface area contributed by atoms with E-state index in [9.17, 15) is 5.26 Å². The van der Waals surface area contributed by atoms with E-state index in [0.29, 0.717) is 23.0 Å². The fourth-order valence-electron chi connectivity index (χ4n) is 8.18. The van der Waals surface area contributed by atoms with E-state index in [0.717, 1.165) is 61.6 Å². The molecule has 0 radical (unpaired) electrons. The number of hydrogen-bond donors (Lipinski definition) is 0. The lowest BCUT2D eigenvalue weighted by Crippen LogP contribution is -2.34. The van der Waals surface area contributed by atoms with E-state index >= 15 is 0 Å². The molecule has 0 atom stereocenters. The third-order valence-corrected chi connectivity index (χ3v) is 10.9. The molecular formula is C53H34N4O. The first-order valence-electron chi connectivity index (χ1n) is 19.2. The van der Waals surface area contributed by atoms with Crippen molar-refractivity contribution in [1.82, 2.24) is 15.0 Å². The molecule has 1 aliphatic heterocycles. The van der Waals surface area contributed by atoms with Crippen LogP contribution in [0.5, 0.6) is 11.5 Å². The Morgan fingerprint density at radius 1 is 0.397 bits per heavy atom. The number of para-hydroxylation sites is 2. The molecule has 0 saturated carbocycles. The van der Waals surface area contributed by atoms with Crippen LogP contribution in [0.3, 0.4) is 0 Å². The zero-order chi connectivity index (χ0) is 38.9. The highest BCUT2D eigenvalue weighted by Gasteiger charge is 2.45. The van der Waals surface area contributed by atoms with Gasteiger partial charge in [-0.2, -0.15) is 5.26 Å². The first-order chi connectivity index (χ1) is 28.7. The van der Waals surface area contributed by atoms with Gasteiger partial charge in [0.1, 0.15) is 11.5 Å². The third kappa shape index (κ3) is 6.01. The number of fused-ring (bicyclic) bond motifs is 2. The highest BCUT2D eigenvalue weighted by Crippen LogP contribution is 2.57. The molecule has 0 amide bonds. The lowest BCUT2D eigenvalue weighted by Gasteiger charge is -2.42. The predicted octanol–water partition coefficient (Wildman–Crippen LogP) is 12.6. The molecule has 0 saturated heterocycles. The van der Waals surface area contributed by atoms with Crippen LogP contribution < -0.4 is 4.74 Å². The average Bonchev–Trinajstić information content (AvgIpc) is 3.31. The monoisotopic (exact) mass is 742 g/mol. The Kier molecular flexibility index (Phi) is 8.70. The second-order valence-corrected chi connectivity index (χ2v) is 14.3. The van der Waals surface area contributed by atoms with E-state index in [1.807, 2.05) is 48.5 Å². The summed E-state index contributed by atoms with van der Waals surface area (Å²) >= 11 is 0. The molecule has 9 aromatic rings. The molecule has 272 valence electrons. The number of hydrogen-bond acceptors (Lipinski definition) is 5. The first kappa shape index (κ1) is 34.5. The molecule has 8 aromatic carbocycles. The zero-order valence-electron chi connectivity index (χ0n) is 31.3. The summed E-state index contributed by atoms with van der Waals surface area (Å²) in [5.41, 5.74) is 11.4. The van der Waals surface area contributed by atoms with Gasteiger partial charge in [-0.1, -0.05) is 170 Å². The molecule has 2 heterocycles. The average molecular weight is 743 g/mol. The van der Waals surface area contributed by atoms with Gasteiger partial charge in [0.25, 0.3) is 0 Å². The third-order valence-electron chi connectivity index (χ3n) is 10.9. The van der Waals surface area contributed by atoms with Crippen LogP contribution in [0.1, 0.15) is 27.8 Å². The van der Waals surface area contributed by atoms with E-state index in [4.69, 9.17) is 19.7 Å². The van der Waals surface area contributed by atoms with Crippen molar-refractivity contribution in [1.29, 1.82) is 5.26 Å². The summed E-state index contributed by atoms with van der Waals surface area (Å²) in [6.07, 6.45) is 0. The summed E-state index contributed by atoms with van der Waals surface area (Å²) in [5.74, 6) is 3.40. The minimum atomic E-state index is -0.592. The van der Waals surface area contributed by atoms with E-state index in [1.165, 1.54) is 11.1 Å². The quantitative estimate of drug-likeness (QED) is 0.163. The molecule has 5 nitrogen and oxygen atoms in total. The maximum Gasteiger partial charge on any atom is 0.164 e. The van der Waals surface area contributed by atoms with Crippen molar-refractivity contribution in [2.45, 2.75) is 5.41 Å². The Hall–Kier alpha value is -7.94. The second kappa shape index (κ2) is 14.6. The van der Waals surface area contributed by atoms with Gasteiger partial charge < -0.3 is 4.74 Å². The smallest absolute Gasteiger partial charge is 0.164 e. The second-order valence-electron chi connectivity index (χ2n) is 14.3. The highest BCUT2D eigenvalue weighted by molar-refractivity contribution is 5.82. The highest BCUT2D eigenvalue weighted by atomic mass is 16.5. The summed E-state index contributed by atoms with van der Waals surface area (Å²) in [6.45, 7) is 0. The van der Waals surface area contributed by atoms with E-state index in [2.05, 4.69) is 152 Å². The molecule has 58 heavy (non-hydrogen) atoms. The Bertz CT molecular complexity index is 2920. The van der Waals surface area contributed by atoms with Gasteiger partial charge in [-0.25, -0.2) is 15.0 Å². The molecule has 0 bridgehead atoms. The van der Waals surface area contributed by atoms with E-state index < -0.39 is 5.41 Å². The Morgan fingerprint density at radius 2 is 0.862 bits per heavy atom. The Morgan fingerprint density at radius 3 is 1.48 bits per heavy atom. The minimum absolute atomic E-state index is 0.546. The van der Waals surface area contributed by atoms with E-state index in [-0.39, 0.29) is 0 Å². The molecule has 0 N–H and O–H groups in total. The van der Waals surface area contributed by atoms with Crippen LogP contribution in [-0.2, 0) is 5.41 Å². The molecule has 1 aliphatic rings. The van der Waals surface area contributed by atoms with Gasteiger partial charge in [0.05, 0.1) is 17.0 Å². The number of rotatable bonds is 7. The van der Waals surface area contributed by atoms with Crippen LogP contribution in [0.15, 0.2) is 206 Å². The van der Waals surface area contributed by atoms with Crippen LogP contribution in [0, 0.1) is 11.3 Å². The number of nitriles is 1. The molecular weight excluding hydrogens is 709 g/mol. The van der Waals surface area contributed by atoms with Crippen molar-refractivity contribution < 1.29 is 4.74 Å². The maximum absolute atomic E-state index is 9.34. The van der Waals surface area contributed by atoms with Crippen molar-refractivity contribution in [2.75, 3.05) is 0 Å². The van der Waals surface area contributed by atoms with Crippen molar-refractivity contribution in [3.05, 3.63) is 234 Å². The predicted molar refractivity (Wildman–Crippen MR) is 230 cm³/mol. The van der Waals surface area contributed by atoms with E-state index in [1.54, 1.807) is 12.1 Å². The SMILES string of the molecule is N#Cc1ccc(-c2nc(-c3ccccc3)nc(-c3ccc(-c4cccc(-c5cccc6c5Oc5ccccc5C6(c5ccccc5)c5ccccc5)c4)cc3)n2)cc1. The van der Waals surface area contributed by atoms with Gasteiger partial charge in [0, 0.05) is 33.4 Å². The molecule has 5 heteroatoms. The Labute approximate surface area is 337 Å². The van der Waals surface area contributed by atoms with Crippen LogP contribution in [0.4, 0.5) is 0 Å². The van der Waals surface area contributed by atoms with Gasteiger partial charge in [0.2, 0.25) is 0 Å². The lowest BCUT2D eigenvalue weighted by molar-refractivity contribution is 0.436. The fourth-order valence-corrected chi connectivity index (χ4v) is 8.18. The van der Waals surface area contributed by atoms with Gasteiger partial charge in [0.15, 0.2) is 17.5 Å². The van der Waals surface area contributed by atoms with Crippen molar-refractivity contribution >= 4 is 0 Å². The van der Waals surface area contributed by atoms with Crippen LogP contribution in [0.2, 0.25) is 0 Å². The lowest BCUT2D eigenvalue weighted by atomic mass is 9.63. The number of aromatic nitrogens is 3. The van der Waals surface area contributed by atoms with Gasteiger partial charge in [-0.3, -0.25) is 0 Å². The van der Waals surface area contributed by atoms with Gasteiger partial charge in [-0.15, -0.1) is 0 Å². The summed E-state index contributed by atoms with van der Waals surface area (Å²) in [7, 11) is 0. The van der Waals surface area contributed by atoms with Crippen LogP contribution >= 0.6 is 0 Å². The van der Waals surface area contributed by atoms with Crippen LogP contribution in [-0.4, -0.2) is 15.0 Å². The maximum atomic E-state index is 9.34. The molecule has 10 rings (SSSR count). The zero-order valence-corrected chi connectivity index (χ0v) is 31.3. The van der Waals surface area contributed by atoms with Crippen molar-refractivity contribution in [3.8, 4) is 74.0 Å². The molecule has 1 aromatic heterocycles. The summed E-state index contributed by atoms with van der Waals surface area (Å²) in [6, 6.07) is 72.9. The largest absolute Gasteiger partial charge is 0.456 e. The van der Waals surface area contributed by atoms with Gasteiger partial charge in [-0.05, 0) is 64.2 Å². The number of benzene rings is 8. The van der Waals surface area contributed by atoms with Crippen molar-refractivity contribution in [3.63, 3.8) is 0 Å². The minimum Gasteiger partial charge on any atom is -0.456 e. The fraction of sp³-hybridized carbons (Fsp3) is 0.0189. The summed E-state index contributed by atoms with van der Waals surface area (Å²) in [5, 5.41) is 9.34. The molecule has 0 aliphatic carbocycles. The first-order valence-corrected chi connectivity index (χ1v) is 19.2. The number of ether oxygens (including phenoxy) is 1. The standard InChI is InChI=1S/C53H34N4O/c54-35-36-26-28-39(29-27-36)51-55-50(38-14-4-1-5-15-38)56-52(57-51)40-32-30-37(31-33-40)41-16-12-17-42(34-41)45-22-13-24-47-49(45)58-48-25-11-10-23-46(48)53(47,43-18-6-2-7-19-43)44-20-8-3-9-21-44/h1-34H. The van der Waals surface area contributed by atoms with Gasteiger partial charge >= 0.3 is 0 Å². The normalized spacial score (nSPS) is 12.4. The van der Waals surface area contributed by atoms with Crippen LogP contribution in [0.25, 0.3) is 56.4 Å². The molecule has 0 spiro atoms. The Balaban J connectivity index is 1.05. The van der Waals surface area contributed by atoms with Crippen molar-refractivity contribution in [2.24, 2.45) is 0 Å². The summed E-state index contributed by atoms with van der Waals surface area (Å²) in [4.78, 5) is 14.6. The topological polar surface area (TPSA) is 71.7 Å². The molecule has 0 unspecified atom stereocenters.